The van der Waals surface area contributed by atoms with Crippen molar-refractivity contribution < 1.29 is 9.90 Å². The topological polar surface area (TPSA) is 92.6 Å². The van der Waals surface area contributed by atoms with Gasteiger partial charge in [0.25, 0.3) is 0 Å². The van der Waals surface area contributed by atoms with E-state index in [0.29, 0.717) is 19.5 Å². The maximum absolute atomic E-state index is 10.4. The Morgan fingerprint density at radius 1 is 1.45 bits per heavy atom. The molecule has 1 saturated heterocycles. The van der Waals surface area contributed by atoms with Gasteiger partial charge in [0, 0.05) is 25.2 Å². The molecule has 5 heteroatoms. The van der Waals surface area contributed by atoms with Gasteiger partial charge in [0.05, 0.1) is 0 Å². The van der Waals surface area contributed by atoms with Crippen LogP contribution in [0.15, 0.2) is 0 Å². The van der Waals surface area contributed by atoms with E-state index in [1.807, 2.05) is 0 Å². The fourth-order valence-electron chi connectivity index (χ4n) is 1.17. The SMILES string of the molecule is NC1CCN(C(=O)O)CC1N. The summed E-state index contributed by atoms with van der Waals surface area (Å²) in [5.41, 5.74) is 11.2. The number of piperidine rings is 1. The van der Waals surface area contributed by atoms with Gasteiger partial charge in [-0.05, 0) is 6.42 Å². The summed E-state index contributed by atoms with van der Waals surface area (Å²) in [7, 11) is 0. The highest BCUT2D eigenvalue weighted by molar-refractivity contribution is 5.65. The van der Waals surface area contributed by atoms with Crippen LogP contribution in [0.1, 0.15) is 6.42 Å². The van der Waals surface area contributed by atoms with Crippen LogP contribution in [0.4, 0.5) is 4.79 Å². The normalized spacial score (nSPS) is 32.0. The molecule has 0 bridgehead atoms. The van der Waals surface area contributed by atoms with Gasteiger partial charge in [0.2, 0.25) is 0 Å². The van der Waals surface area contributed by atoms with Crippen molar-refractivity contribution in [3.63, 3.8) is 0 Å². The Kier molecular flexibility index (Phi) is 2.31. The van der Waals surface area contributed by atoms with Crippen LogP contribution in [0.3, 0.4) is 0 Å². The predicted octanol–water partition coefficient (Wildman–Crippen LogP) is -0.975. The van der Waals surface area contributed by atoms with Gasteiger partial charge in [-0.15, -0.1) is 0 Å². The van der Waals surface area contributed by atoms with E-state index in [9.17, 15) is 4.79 Å². The molecule has 1 amide bonds. The first kappa shape index (κ1) is 8.29. The second-order valence-electron chi connectivity index (χ2n) is 2.84. The van der Waals surface area contributed by atoms with Gasteiger partial charge < -0.3 is 21.5 Å². The van der Waals surface area contributed by atoms with Crippen molar-refractivity contribution in [2.75, 3.05) is 13.1 Å². The molecule has 0 aliphatic carbocycles. The summed E-state index contributed by atoms with van der Waals surface area (Å²) in [5.74, 6) is 0. The molecule has 1 aliphatic rings. The number of rotatable bonds is 0. The standard InChI is InChI=1S/C6H13N3O2/c7-4-1-2-9(6(10)11)3-5(4)8/h4-5H,1-3,7-8H2,(H,10,11). The maximum Gasteiger partial charge on any atom is 0.407 e. The third kappa shape index (κ3) is 1.81. The Labute approximate surface area is 65.0 Å². The van der Waals surface area contributed by atoms with Crippen LogP contribution in [0, 0.1) is 0 Å². The Morgan fingerprint density at radius 2 is 2.09 bits per heavy atom. The van der Waals surface area contributed by atoms with E-state index < -0.39 is 6.09 Å². The molecule has 64 valence electrons. The fraction of sp³-hybridized carbons (Fsp3) is 0.833. The zero-order chi connectivity index (χ0) is 8.43. The molecule has 5 nitrogen and oxygen atoms in total. The number of amides is 1. The molecule has 1 aliphatic heterocycles. The minimum atomic E-state index is -0.910. The van der Waals surface area contributed by atoms with Crippen molar-refractivity contribution >= 4 is 6.09 Å². The second-order valence-corrected chi connectivity index (χ2v) is 2.84. The summed E-state index contributed by atoms with van der Waals surface area (Å²) < 4.78 is 0. The summed E-state index contributed by atoms with van der Waals surface area (Å²) in [6.45, 7) is 0.862. The first-order valence-corrected chi connectivity index (χ1v) is 3.60. The van der Waals surface area contributed by atoms with Crippen molar-refractivity contribution in [2.45, 2.75) is 18.5 Å². The molecule has 0 aromatic heterocycles. The van der Waals surface area contributed by atoms with E-state index in [0.717, 1.165) is 0 Å². The molecule has 1 rings (SSSR count). The number of carboxylic acid groups (broad SMARTS) is 1. The number of carbonyl (C=O) groups is 1. The summed E-state index contributed by atoms with van der Waals surface area (Å²) >= 11 is 0. The van der Waals surface area contributed by atoms with Crippen LogP contribution >= 0.6 is 0 Å². The van der Waals surface area contributed by atoms with Crippen molar-refractivity contribution in [1.29, 1.82) is 0 Å². The van der Waals surface area contributed by atoms with Gasteiger partial charge in [0.15, 0.2) is 0 Å². The number of likely N-dealkylation sites (tertiary alicyclic amines) is 1. The van der Waals surface area contributed by atoms with E-state index in [1.165, 1.54) is 4.90 Å². The summed E-state index contributed by atoms with van der Waals surface area (Å²) in [6, 6.07) is -0.259. The average molecular weight is 159 g/mol. The van der Waals surface area contributed by atoms with Crippen LogP contribution in [-0.2, 0) is 0 Å². The minimum Gasteiger partial charge on any atom is -0.465 e. The van der Waals surface area contributed by atoms with Gasteiger partial charge in [-0.3, -0.25) is 0 Å². The third-order valence-corrected chi connectivity index (χ3v) is 1.98. The van der Waals surface area contributed by atoms with Gasteiger partial charge in [-0.25, -0.2) is 4.79 Å². The monoisotopic (exact) mass is 159 g/mol. The van der Waals surface area contributed by atoms with Crippen LogP contribution in [-0.4, -0.2) is 41.3 Å². The second kappa shape index (κ2) is 3.06. The lowest BCUT2D eigenvalue weighted by Gasteiger charge is -2.32. The Hall–Kier alpha value is -0.810. The van der Waals surface area contributed by atoms with Crippen LogP contribution in [0.5, 0.6) is 0 Å². The molecule has 0 spiro atoms. The predicted molar refractivity (Wildman–Crippen MR) is 40.2 cm³/mol. The highest BCUT2D eigenvalue weighted by Gasteiger charge is 2.25. The molecule has 0 aromatic carbocycles. The lowest BCUT2D eigenvalue weighted by Crippen LogP contribution is -2.55. The lowest BCUT2D eigenvalue weighted by molar-refractivity contribution is 0.126. The first-order chi connectivity index (χ1) is 5.11. The van der Waals surface area contributed by atoms with Crippen LogP contribution in [0.2, 0.25) is 0 Å². The largest absolute Gasteiger partial charge is 0.465 e. The Morgan fingerprint density at radius 3 is 2.55 bits per heavy atom. The molecular weight excluding hydrogens is 146 g/mol. The molecular formula is C6H13N3O2. The fourth-order valence-corrected chi connectivity index (χ4v) is 1.17. The number of hydrogen-bond acceptors (Lipinski definition) is 3. The van der Waals surface area contributed by atoms with E-state index in [2.05, 4.69) is 0 Å². The van der Waals surface area contributed by atoms with Gasteiger partial charge in [-0.1, -0.05) is 0 Å². The number of nitrogens with zero attached hydrogens (tertiary/aromatic N) is 1. The van der Waals surface area contributed by atoms with Crippen molar-refractivity contribution in [3.8, 4) is 0 Å². The highest BCUT2D eigenvalue weighted by Crippen LogP contribution is 2.06. The molecule has 1 fully saturated rings. The first-order valence-electron chi connectivity index (χ1n) is 3.60. The Balaban J connectivity index is 2.46. The quantitative estimate of drug-likeness (QED) is 0.423. The molecule has 5 N–H and O–H groups in total. The molecule has 2 unspecified atom stereocenters. The molecule has 0 radical (unpaired) electrons. The highest BCUT2D eigenvalue weighted by atomic mass is 16.4. The Bertz CT molecular complexity index is 162. The molecule has 0 aromatic rings. The van der Waals surface area contributed by atoms with E-state index in [4.69, 9.17) is 16.6 Å². The summed E-state index contributed by atoms with van der Waals surface area (Å²) in [4.78, 5) is 11.7. The van der Waals surface area contributed by atoms with E-state index >= 15 is 0 Å². The third-order valence-electron chi connectivity index (χ3n) is 1.98. The van der Waals surface area contributed by atoms with Crippen molar-refractivity contribution in [1.82, 2.24) is 4.90 Å². The van der Waals surface area contributed by atoms with Gasteiger partial charge in [-0.2, -0.15) is 0 Å². The van der Waals surface area contributed by atoms with Crippen molar-refractivity contribution in [3.05, 3.63) is 0 Å². The smallest absolute Gasteiger partial charge is 0.407 e. The van der Waals surface area contributed by atoms with Crippen LogP contribution < -0.4 is 11.5 Å². The van der Waals surface area contributed by atoms with Crippen LogP contribution in [0.25, 0.3) is 0 Å². The van der Waals surface area contributed by atoms with E-state index in [-0.39, 0.29) is 12.1 Å². The zero-order valence-corrected chi connectivity index (χ0v) is 6.23. The summed E-state index contributed by atoms with van der Waals surface area (Å²) in [5, 5.41) is 8.57. The summed E-state index contributed by atoms with van der Waals surface area (Å²) in [6.07, 6.45) is -0.250. The zero-order valence-electron chi connectivity index (χ0n) is 6.23. The minimum absolute atomic E-state index is 0.0504. The van der Waals surface area contributed by atoms with Crippen molar-refractivity contribution in [2.24, 2.45) is 11.5 Å². The molecule has 2 atom stereocenters. The average Bonchev–Trinajstić information content (AvgIpc) is 1.94. The lowest BCUT2D eigenvalue weighted by atomic mass is 10.0. The number of hydrogen-bond donors (Lipinski definition) is 3. The van der Waals surface area contributed by atoms with Gasteiger partial charge in [0.1, 0.15) is 0 Å². The number of nitrogens with two attached hydrogens (primary N) is 2. The maximum atomic E-state index is 10.4. The molecule has 1 heterocycles. The van der Waals surface area contributed by atoms with E-state index in [1.54, 1.807) is 0 Å². The molecule has 11 heavy (non-hydrogen) atoms. The molecule has 0 saturated carbocycles. The van der Waals surface area contributed by atoms with Gasteiger partial charge >= 0.3 is 6.09 Å².